The van der Waals surface area contributed by atoms with Crippen molar-refractivity contribution in [2.75, 3.05) is 0 Å². The van der Waals surface area contributed by atoms with Gasteiger partial charge in [-0.1, -0.05) is 0 Å². The number of esters is 1. The highest BCUT2D eigenvalue weighted by molar-refractivity contribution is 5.96. The lowest BCUT2D eigenvalue weighted by Crippen LogP contribution is -2.46. The first-order valence-electron chi connectivity index (χ1n) is 4.79. The molecule has 0 bridgehead atoms. The van der Waals surface area contributed by atoms with Gasteiger partial charge in [-0.2, -0.15) is 0 Å². The molecule has 1 heterocycles. The summed E-state index contributed by atoms with van der Waals surface area (Å²) in [4.78, 5) is 22.4. The number of ether oxygens (including phenoxy) is 1. The summed E-state index contributed by atoms with van der Waals surface area (Å²) in [6, 6.07) is 1.89. The number of aliphatic carboxylic acids is 1. The summed E-state index contributed by atoms with van der Waals surface area (Å²) in [6.45, 7) is 1.14. The maximum atomic E-state index is 13.5. The van der Waals surface area contributed by atoms with Gasteiger partial charge in [0.25, 0.3) is 0 Å². The number of rotatable bonds is 1. The van der Waals surface area contributed by atoms with Crippen molar-refractivity contribution in [3.8, 4) is 0 Å². The Kier molecular flexibility index (Phi) is 2.38. The number of carboxylic acid groups (broad SMARTS) is 1. The van der Waals surface area contributed by atoms with Gasteiger partial charge in [0.1, 0.15) is 0 Å². The Morgan fingerprint density at radius 2 is 2.12 bits per heavy atom. The number of hydrogen-bond donors (Lipinski definition) is 1. The SMILES string of the molecule is CC1(C(=O)O)Cc2c(ccc(F)c2F)C(=O)O1. The van der Waals surface area contributed by atoms with E-state index in [4.69, 9.17) is 9.84 Å². The zero-order valence-electron chi connectivity index (χ0n) is 8.79. The van der Waals surface area contributed by atoms with Crippen LogP contribution in [0.1, 0.15) is 22.8 Å². The average Bonchev–Trinajstić information content (AvgIpc) is 2.24. The number of carbonyl (C=O) groups is 2. The van der Waals surface area contributed by atoms with E-state index in [1.807, 2.05) is 0 Å². The number of cyclic esters (lactones) is 1. The monoisotopic (exact) mass is 242 g/mol. The normalized spacial score (nSPS) is 22.9. The smallest absolute Gasteiger partial charge is 0.348 e. The zero-order valence-corrected chi connectivity index (χ0v) is 8.79. The number of carbonyl (C=O) groups excluding carboxylic acids is 1. The third kappa shape index (κ3) is 1.65. The molecule has 0 spiro atoms. The summed E-state index contributed by atoms with van der Waals surface area (Å²) in [6.07, 6.45) is -0.396. The number of carboxylic acids is 1. The molecule has 1 unspecified atom stereocenters. The van der Waals surface area contributed by atoms with Crippen LogP contribution >= 0.6 is 0 Å². The Labute approximate surface area is 94.8 Å². The molecule has 1 aliphatic rings. The van der Waals surface area contributed by atoms with Gasteiger partial charge in [-0.3, -0.25) is 0 Å². The van der Waals surface area contributed by atoms with E-state index >= 15 is 0 Å². The maximum Gasteiger partial charge on any atom is 0.348 e. The second kappa shape index (κ2) is 3.51. The topological polar surface area (TPSA) is 63.6 Å². The van der Waals surface area contributed by atoms with E-state index in [2.05, 4.69) is 0 Å². The number of hydrogen-bond acceptors (Lipinski definition) is 3. The van der Waals surface area contributed by atoms with Crippen LogP contribution in [0.3, 0.4) is 0 Å². The van der Waals surface area contributed by atoms with Crippen molar-refractivity contribution in [3.05, 3.63) is 34.9 Å². The highest BCUT2D eigenvalue weighted by atomic mass is 19.2. The molecule has 1 aromatic carbocycles. The Bertz CT molecular complexity index is 526. The van der Waals surface area contributed by atoms with Gasteiger partial charge in [0.05, 0.1) is 5.56 Å². The molecule has 1 aliphatic heterocycles. The van der Waals surface area contributed by atoms with Crippen LogP contribution in [0.5, 0.6) is 0 Å². The summed E-state index contributed by atoms with van der Waals surface area (Å²) in [5.41, 5.74) is -2.26. The minimum atomic E-state index is -1.86. The van der Waals surface area contributed by atoms with Crippen LogP contribution in [0, 0.1) is 11.6 Å². The standard InChI is InChI=1S/C11H8F2O4/c1-11(10(15)16)4-6-5(9(14)17-11)2-3-7(12)8(6)13/h2-3H,4H2,1H3,(H,15,16). The third-order valence-electron chi connectivity index (χ3n) is 2.70. The van der Waals surface area contributed by atoms with Crippen molar-refractivity contribution in [1.82, 2.24) is 0 Å². The molecule has 2 rings (SSSR count). The van der Waals surface area contributed by atoms with Gasteiger partial charge in [0, 0.05) is 12.0 Å². The molecule has 0 saturated carbocycles. The Balaban J connectivity index is 2.59. The van der Waals surface area contributed by atoms with Gasteiger partial charge in [-0.25, -0.2) is 18.4 Å². The first kappa shape index (κ1) is 11.5. The van der Waals surface area contributed by atoms with Crippen LogP contribution in [0.2, 0.25) is 0 Å². The van der Waals surface area contributed by atoms with Gasteiger partial charge in [-0.15, -0.1) is 0 Å². The lowest BCUT2D eigenvalue weighted by Gasteiger charge is -2.30. The molecule has 0 fully saturated rings. The van der Waals surface area contributed by atoms with E-state index in [-0.39, 0.29) is 11.1 Å². The fraction of sp³-hybridized carbons (Fsp3) is 0.273. The Morgan fingerprint density at radius 1 is 1.47 bits per heavy atom. The third-order valence-corrected chi connectivity index (χ3v) is 2.70. The number of halogens is 2. The predicted molar refractivity (Wildman–Crippen MR) is 51.5 cm³/mol. The lowest BCUT2D eigenvalue weighted by molar-refractivity contribution is -0.158. The zero-order chi connectivity index (χ0) is 12.8. The molecule has 90 valence electrons. The summed E-state index contributed by atoms with van der Waals surface area (Å²) in [5, 5.41) is 8.91. The number of fused-ring (bicyclic) bond motifs is 1. The van der Waals surface area contributed by atoms with E-state index in [0.29, 0.717) is 0 Å². The average molecular weight is 242 g/mol. The molecule has 0 aromatic heterocycles. The van der Waals surface area contributed by atoms with Crippen molar-refractivity contribution < 1.29 is 28.2 Å². The highest BCUT2D eigenvalue weighted by Crippen LogP contribution is 2.30. The van der Waals surface area contributed by atoms with Gasteiger partial charge < -0.3 is 9.84 Å². The van der Waals surface area contributed by atoms with Gasteiger partial charge in [0.2, 0.25) is 5.60 Å². The van der Waals surface area contributed by atoms with Crippen LogP contribution < -0.4 is 0 Å². The van der Waals surface area contributed by atoms with Crippen LogP contribution in [0.25, 0.3) is 0 Å². The molecule has 6 heteroatoms. The summed E-state index contributed by atoms with van der Waals surface area (Å²) in [7, 11) is 0. The van der Waals surface area contributed by atoms with E-state index in [0.717, 1.165) is 19.1 Å². The van der Waals surface area contributed by atoms with Crippen LogP contribution in [0.15, 0.2) is 12.1 Å². The molecule has 0 radical (unpaired) electrons. The van der Waals surface area contributed by atoms with Crippen molar-refractivity contribution in [2.45, 2.75) is 18.9 Å². The molecule has 0 saturated heterocycles. The highest BCUT2D eigenvalue weighted by Gasteiger charge is 2.44. The van der Waals surface area contributed by atoms with Crippen molar-refractivity contribution >= 4 is 11.9 Å². The molecule has 1 aromatic rings. The Hall–Kier alpha value is -1.98. The minimum absolute atomic E-state index is 0.136. The van der Waals surface area contributed by atoms with Crippen molar-refractivity contribution in [3.63, 3.8) is 0 Å². The van der Waals surface area contributed by atoms with Crippen LogP contribution in [0.4, 0.5) is 8.78 Å². The summed E-state index contributed by atoms with van der Waals surface area (Å²) in [5.74, 6) is -4.69. The van der Waals surface area contributed by atoms with E-state index < -0.39 is 35.6 Å². The van der Waals surface area contributed by atoms with Gasteiger partial charge in [0.15, 0.2) is 11.6 Å². The van der Waals surface area contributed by atoms with Crippen molar-refractivity contribution in [2.24, 2.45) is 0 Å². The van der Waals surface area contributed by atoms with E-state index in [9.17, 15) is 18.4 Å². The first-order chi connectivity index (χ1) is 7.85. The second-order valence-electron chi connectivity index (χ2n) is 3.99. The predicted octanol–water partition coefficient (Wildman–Crippen LogP) is 1.52. The fourth-order valence-corrected chi connectivity index (χ4v) is 1.71. The maximum absolute atomic E-state index is 13.5. The Morgan fingerprint density at radius 3 is 2.71 bits per heavy atom. The summed E-state index contributed by atoms with van der Waals surface area (Å²) >= 11 is 0. The fourth-order valence-electron chi connectivity index (χ4n) is 1.71. The molecule has 17 heavy (non-hydrogen) atoms. The van der Waals surface area contributed by atoms with E-state index in [1.54, 1.807) is 0 Å². The van der Waals surface area contributed by atoms with Crippen LogP contribution in [-0.2, 0) is 16.0 Å². The van der Waals surface area contributed by atoms with E-state index in [1.165, 1.54) is 0 Å². The molecule has 1 atom stereocenters. The first-order valence-corrected chi connectivity index (χ1v) is 4.79. The van der Waals surface area contributed by atoms with Crippen molar-refractivity contribution in [1.29, 1.82) is 0 Å². The minimum Gasteiger partial charge on any atom is -0.478 e. The molecular formula is C11H8F2O4. The summed E-state index contributed by atoms with van der Waals surface area (Å²) < 4.78 is 31.2. The van der Waals surface area contributed by atoms with Gasteiger partial charge in [-0.05, 0) is 19.1 Å². The van der Waals surface area contributed by atoms with Gasteiger partial charge >= 0.3 is 11.9 Å². The molecule has 0 aliphatic carbocycles. The van der Waals surface area contributed by atoms with Crippen LogP contribution in [-0.4, -0.2) is 22.6 Å². The molecule has 1 N–H and O–H groups in total. The molecule has 4 nitrogen and oxygen atoms in total. The lowest BCUT2D eigenvalue weighted by atomic mass is 9.89. The second-order valence-corrected chi connectivity index (χ2v) is 3.99. The quantitative estimate of drug-likeness (QED) is 0.758. The molecular weight excluding hydrogens is 234 g/mol. The number of benzene rings is 1. The largest absolute Gasteiger partial charge is 0.478 e. The molecule has 0 amide bonds.